The summed E-state index contributed by atoms with van der Waals surface area (Å²) in [6.45, 7) is 1.89. The van der Waals surface area contributed by atoms with Crippen LogP contribution in [0.4, 0.5) is 24.7 Å². The number of hydrogen-bond acceptors (Lipinski definition) is 5. The lowest BCUT2D eigenvalue weighted by atomic mass is 9.99. The number of nitrogens with zero attached hydrogens (tertiary/aromatic N) is 3. The Morgan fingerprint density at radius 1 is 1.06 bits per heavy atom. The van der Waals surface area contributed by atoms with Gasteiger partial charge < -0.3 is 10.6 Å². The smallest absolute Gasteiger partial charge is 0.321 e. The quantitative estimate of drug-likeness (QED) is 0.456. The van der Waals surface area contributed by atoms with Crippen molar-refractivity contribution in [1.29, 1.82) is 0 Å². The molecule has 0 saturated carbocycles. The maximum Gasteiger partial charge on any atom is 0.416 e. The topological polar surface area (TPSA) is 96.9 Å². The highest BCUT2D eigenvalue weighted by Crippen LogP contribution is 2.33. The minimum atomic E-state index is -4.57. The number of pyridine rings is 3. The van der Waals surface area contributed by atoms with Crippen LogP contribution in [0.3, 0.4) is 0 Å². The van der Waals surface area contributed by atoms with E-state index in [0.717, 1.165) is 39.9 Å². The van der Waals surface area contributed by atoms with Crippen LogP contribution in [0.1, 0.15) is 27.2 Å². The van der Waals surface area contributed by atoms with Gasteiger partial charge in [0.15, 0.2) is 0 Å². The number of rotatable bonds is 3. The molecule has 0 bridgehead atoms. The Balaban J connectivity index is 1.45. The zero-order valence-corrected chi connectivity index (χ0v) is 17.7. The van der Waals surface area contributed by atoms with Crippen molar-refractivity contribution < 1.29 is 22.8 Å². The summed E-state index contributed by atoms with van der Waals surface area (Å²) < 4.78 is 38.9. The Bertz CT molecular complexity index is 1480. The van der Waals surface area contributed by atoms with E-state index in [1.54, 1.807) is 30.6 Å². The zero-order valence-electron chi connectivity index (χ0n) is 17.7. The van der Waals surface area contributed by atoms with Crippen molar-refractivity contribution in [2.24, 2.45) is 0 Å². The van der Waals surface area contributed by atoms with Crippen molar-refractivity contribution >= 4 is 34.2 Å². The van der Waals surface area contributed by atoms with Crippen molar-refractivity contribution in [3.05, 3.63) is 77.4 Å². The van der Waals surface area contributed by atoms with Gasteiger partial charge in [0.2, 0.25) is 5.91 Å². The van der Waals surface area contributed by atoms with Gasteiger partial charge >= 0.3 is 6.18 Å². The monoisotopic (exact) mass is 463 g/mol. The molecule has 4 heterocycles. The average molecular weight is 463 g/mol. The molecule has 2 amide bonds. The second-order valence-electron chi connectivity index (χ2n) is 7.88. The molecule has 0 saturated heterocycles. The first-order valence-electron chi connectivity index (χ1n) is 10.2. The number of anilines is 2. The minimum Gasteiger partial charge on any atom is -0.321 e. The second kappa shape index (κ2) is 7.91. The summed E-state index contributed by atoms with van der Waals surface area (Å²) in [6.07, 6.45) is -0.0935. The highest BCUT2D eigenvalue weighted by molar-refractivity contribution is 6.04. The van der Waals surface area contributed by atoms with Gasteiger partial charge in [-0.15, -0.1) is 0 Å². The van der Waals surface area contributed by atoms with Crippen LogP contribution in [0.25, 0.3) is 22.0 Å². The van der Waals surface area contributed by atoms with E-state index in [1.807, 2.05) is 13.0 Å². The number of carbonyl (C=O) groups excluding carboxylic acids is 2. The predicted octanol–water partition coefficient (Wildman–Crippen LogP) is 4.77. The number of fused-ring (bicyclic) bond motifs is 3. The van der Waals surface area contributed by atoms with Gasteiger partial charge in [-0.2, -0.15) is 13.2 Å². The molecule has 0 unspecified atom stereocenters. The van der Waals surface area contributed by atoms with E-state index < -0.39 is 17.6 Å². The summed E-state index contributed by atoms with van der Waals surface area (Å²) in [6, 6.07) is 8.57. The number of amides is 2. The van der Waals surface area contributed by atoms with Gasteiger partial charge in [0.05, 0.1) is 17.5 Å². The summed E-state index contributed by atoms with van der Waals surface area (Å²) >= 11 is 0. The molecular formula is C24H16F3N5O2. The molecule has 4 aromatic rings. The Morgan fingerprint density at radius 3 is 2.68 bits per heavy atom. The first-order valence-corrected chi connectivity index (χ1v) is 10.2. The van der Waals surface area contributed by atoms with E-state index in [-0.39, 0.29) is 18.0 Å². The Morgan fingerprint density at radius 2 is 1.88 bits per heavy atom. The third-order valence-electron chi connectivity index (χ3n) is 5.54. The van der Waals surface area contributed by atoms with Gasteiger partial charge in [0.1, 0.15) is 11.5 Å². The maximum atomic E-state index is 13.0. The maximum absolute atomic E-state index is 13.0. The first kappa shape index (κ1) is 21.5. The van der Waals surface area contributed by atoms with E-state index in [0.29, 0.717) is 23.1 Å². The lowest BCUT2D eigenvalue weighted by Crippen LogP contribution is -2.15. The molecule has 7 nitrogen and oxygen atoms in total. The average Bonchev–Trinajstić information content (AvgIpc) is 3.20. The molecule has 0 aliphatic carbocycles. The van der Waals surface area contributed by atoms with Gasteiger partial charge in [-0.1, -0.05) is 6.07 Å². The van der Waals surface area contributed by atoms with E-state index >= 15 is 0 Å². The fourth-order valence-electron chi connectivity index (χ4n) is 3.85. The number of alkyl halides is 3. The third-order valence-corrected chi connectivity index (χ3v) is 5.54. The number of halogens is 3. The standard InChI is InChI=1S/C24H16F3N5O2/c1-12-2-3-16(31-23(34)19-7-15(4-5-28-19)24(25,26)27)8-17(12)13-6-14-11-30-22-18(9-20(33)32-22)21(14)29-10-13/h2-8,10-11H,9H2,1H3,(H,31,34)(H,30,32,33). The van der Waals surface area contributed by atoms with Crippen molar-refractivity contribution in [1.82, 2.24) is 15.0 Å². The molecule has 170 valence electrons. The van der Waals surface area contributed by atoms with Gasteiger partial charge in [0, 0.05) is 40.8 Å². The van der Waals surface area contributed by atoms with Crippen LogP contribution < -0.4 is 10.6 Å². The van der Waals surface area contributed by atoms with Crippen LogP contribution >= 0.6 is 0 Å². The second-order valence-corrected chi connectivity index (χ2v) is 7.88. The zero-order chi connectivity index (χ0) is 24.0. The van der Waals surface area contributed by atoms with Gasteiger partial charge in [0.25, 0.3) is 5.91 Å². The van der Waals surface area contributed by atoms with Crippen LogP contribution in [0.5, 0.6) is 0 Å². The molecule has 1 aliphatic rings. The molecule has 2 N–H and O–H groups in total. The first-order chi connectivity index (χ1) is 16.2. The molecule has 5 rings (SSSR count). The molecule has 0 fully saturated rings. The van der Waals surface area contributed by atoms with Crippen molar-refractivity contribution in [3.8, 4) is 11.1 Å². The van der Waals surface area contributed by atoms with Crippen LogP contribution in [0, 0.1) is 6.92 Å². The Hall–Kier alpha value is -4.34. The molecule has 1 aromatic carbocycles. The molecule has 1 aliphatic heterocycles. The summed E-state index contributed by atoms with van der Waals surface area (Å²) in [5, 5.41) is 6.06. The molecule has 10 heteroatoms. The summed E-state index contributed by atoms with van der Waals surface area (Å²) in [7, 11) is 0. The van der Waals surface area contributed by atoms with E-state index in [1.165, 1.54) is 0 Å². The van der Waals surface area contributed by atoms with Crippen molar-refractivity contribution in [2.45, 2.75) is 19.5 Å². The normalized spacial score (nSPS) is 13.0. The van der Waals surface area contributed by atoms with Gasteiger partial charge in [-0.3, -0.25) is 19.6 Å². The molecule has 0 spiro atoms. The SMILES string of the molecule is Cc1ccc(NC(=O)c2cc(C(F)(F)F)ccn2)cc1-c1cnc2c3c(ncc2c1)NC(=O)C3. The number of hydrogen-bond donors (Lipinski definition) is 2. The van der Waals surface area contributed by atoms with Gasteiger partial charge in [-0.05, 0) is 48.4 Å². The van der Waals surface area contributed by atoms with E-state index in [2.05, 4.69) is 25.6 Å². The van der Waals surface area contributed by atoms with Gasteiger partial charge in [-0.25, -0.2) is 4.98 Å². The molecule has 3 aromatic heterocycles. The number of aromatic nitrogens is 3. The van der Waals surface area contributed by atoms with Crippen LogP contribution in [0.2, 0.25) is 0 Å². The summed E-state index contributed by atoms with van der Waals surface area (Å²) in [5.74, 6) is -0.369. The lowest BCUT2D eigenvalue weighted by molar-refractivity contribution is -0.137. The molecule has 0 radical (unpaired) electrons. The Labute approximate surface area is 191 Å². The van der Waals surface area contributed by atoms with Crippen LogP contribution in [-0.2, 0) is 17.4 Å². The van der Waals surface area contributed by atoms with E-state index in [4.69, 9.17) is 0 Å². The number of benzene rings is 1. The lowest BCUT2D eigenvalue weighted by Gasteiger charge is -2.12. The summed E-state index contributed by atoms with van der Waals surface area (Å²) in [5.41, 5.74) is 2.99. The predicted molar refractivity (Wildman–Crippen MR) is 119 cm³/mol. The molecule has 34 heavy (non-hydrogen) atoms. The number of nitrogens with one attached hydrogen (secondary N) is 2. The highest BCUT2D eigenvalue weighted by atomic mass is 19.4. The van der Waals surface area contributed by atoms with Crippen LogP contribution in [0.15, 0.2) is 55.0 Å². The summed E-state index contributed by atoms with van der Waals surface area (Å²) in [4.78, 5) is 36.8. The number of carbonyl (C=O) groups is 2. The largest absolute Gasteiger partial charge is 0.416 e. The van der Waals surface area contributed by atoms with Crippen molar-refractivity contribution in [3.63, 3.8) is 0 Å². The molecule has 0 atom stereocenters. The minimum absolute atomic E-state index is 0.129. The molecular weight excluding hydrogens is 447 g/mol. The fourth-order valence-corrected chi connectivity index (χ4v) is 3.85. The highest BCUT2D eigenvalue weighted by Gasteiger charge is 2.31. The third kappa shape index (κ3) is 3.94. The Kier molecular flexibility index (Phi) is 5.00. The van der Waals surface area contributed by atoms with Crippen LogP contribution in [-0.4, -0.2) is 26.8 Å². The fraction of sp³-hybridized carbons (Fsp3) is 0.125. The van der Waals surface area contributed by atoms with E-state index in [9.17, 15) is 22.8 Å². The number of aryl methyl sites for hydroxylation is 1. The van der Waals surface area contributed by atoms with Crippen molar-refractivity contribution in [2.75, 3.05) is 10.6 Å².